The molecule has 5 nitrogen and oxygen atoms in total. The first-order chi connectivity index (χ1) is 9.24. The van der Waals surface area contributed by atoms with E-state index in [0.717, 1.165) is 22.4 Å². The molecule has 0 atom stereocenters. The number of rotatable bonds is 2. The van der Waals surface area contributed by atoms with Gasteiger partial charge < -0.3 is 10.3 Å². The Morgan fingerprint density at radius 3 is 2.79 bits per heavy atom. The van der Waals surface area contributed by atoms with E-state index >= 15 is 0 Å². The van der Waals surface area contributed by atoms with Crippen molar-refractivity contribution >= 4 is 5.69 Å². The topological polar surface area (TPSA) is 77.8 Å². The van der Waals surface area contributed by atoms with E-state index in [1.165, 1.54) is 0 Å². The van der Waals surface area contributed by atoms with E-state index in [1.54, 1.807) is 12.4 Å². The molecular formula is C14H12N4O. The lowest BCUT2D eigenvalue weighted by atomic mass is 10.1. The summed E-state index contributed by atoms with van der Waals surface area (Å²) in [5, 5.41) is 3.96. The third-order valence-electron chi connectivity index (χ3n) is 2.86. The molecule has 2 N–H and O–H groups in total. The number of hydrogen-bond donors (Lipinski definition) is 1. The molecule has 2 aromatic heterocycles. The van der Waals surface area contributed by atoms with Gasteiger partial charge in [0, 0.05) is 29.2 Å². The Balaban J connectivity index is 1.99. The number of pyridine rings is 1. The summed E-state index contributed by atoms with van der Waals surface area (Å²) in [4.78, 5) is 8.39. The highest BCUT2D eigenvalue weighted by Gasteiger charge is 2.11. The molecule has 2 heterocycles. The van der Waals surface area contributed by atoms with Crippen molar-refractivity contribution in [1.29, 1.82) is 0 Å². The second-order valence-electron chi connectivity index (χ2n) is 4.24. The maximum absolute atomic E-state index is 5.79. The largest absolute Gasteiger partial charge is 0.399 e. The molecular weight excluding hydrogens is 240 g/mol. The zero-order valence-electron chi connectivity index (χ0n) is 10.4. The third kappa shape index (κ3) is 2.18. The van der Waals surface area contributed by atoms with Gasteiger partial charge in [-0.25, -0.2) is 0 Å². The second-order valence-corrected chi connectivity index (χ2v) is 4.24. The molecule has 19 heavy (non-hydrogen) atoms. The maximum Gasteiger partial charge on any atom is 0.258 e. The van der Waals surface area contributed by atoms with Gasteiger partial charge in [0.05, 0.1) is 0 Å². The molecule has 5 heteroatoms. The number of nitrogen functional groups attached to an aromatic ring is 1. The first kappa shape index (κ1) is 11.4. The molecule has 0 saturated heterocycles. The van der Waals surface area contributed by atoms with Gasteiger partial charge in [-0.3, -0.25) is 4.98 Å². The summed E-state index contributed by atoms with van der Waals surface area (Å²) >= 11 is 0. The highest BCUT2D eigenvalue weighted by Crippen LogP contribution is 2.24. The predicted molar refractivity (Wildman–Crippen MR) is 72.1 cm³/mol. The molecule has 3 rings (SSSR count). The summed E-state index contributed by atoms with van der Waals surface area (Å²) in [6.07, 6.45) is 3.40. The van der Waals surface area contributed by atoms with Crippen LogP contribution in [0.4, 0.5) is 5.69 Å². The Hall–Kier alpha value is -2.69. The monoisotopic (exact) mass is 252 g/mol. The third-order valence-corrected chi connectivity index (χ3v) is 2.86. The molecule has 3 aromatic rings. The summed E-state index contributed by atoms with van der Waals surface area (Å²) in [5.74, 6) is 1.000. The molecule has 0 saturated carbocycles. The van der Waals surface area contributed by atoms with Crippen molar-refractivity contribution in [3.8, 4) is 22.8 Å². The second kappa shape index (κ2) is 4.53. The highest BCUT2D eigenvalue weighted by atomic mass is 16.5. The number of benzene rings is 1. The van der Waals surface area contributed by atoms with Gasteiger partial charge in [0.15, 0.2) is 0 Å². The molecule has 0 amide bonds. The molecule has 0 unspecified atom stereocenters. The van der Waals surface area contributed by atoms with Crippen LogP contribution in [0.5, 0.6) is 0 Å². The smallest absolute Gasteiger partial charge is 0.258 e. The van der Waals surface area contributed by atoms with E-state index in [4.69, 9.17) is 10.3 Å². The van der Waals surface area contributed by atoms with E-state index in [9.17, 15) is 0 Å². The molecule has 0 aliphatic heterocycles. The fourth-order valence-electron chi connectivity index (χ4n) is 1.76. The van der Waals surface area contributed by atoms with E-state index < -0.39 is 0 Å². The lowest BCUT2D eigenvalue weighted by Crippen LogP contribution is -1.89. The number of hydrogen-bond acceptors (Lipinski definition) is 5. The predicted octanol–water partition coefficient (Wildman–Crippen LogP) is 2.69. The molecule has 0 aliphatic carbocycles. The van der Waals surface area contributed by atoms with Gasteiger partial charge in [-0.1, -0.05) is 5.16 Å². The van der Waals surface area contributed by atoms with Gasteiger partial charge >= 0.3 is 0 Å². The van der Waals surface area contributed by atoms with Crippen LogP contribution in [-0.4, -0.2) is 15.1 Å². The van der Waals surface area contributed by atoms with Crippen molar-refractivity contribution in [2.24, 2.45) is 0 Å². The zero-order chi connectivity index (χ0) is 13.2. The summed E-state index contributed by atoms with van der Waals surface area (Å²) in [7, 11) is 0. The minimum Gasteiger partial charge on any atom is -0.399 e. The number of anilines is 1. The van der Waals surface area contributed by atoms with Crippen molar-refractivity contribution in [3.05, 3.63) is 48.3 Å². The van der Waals surface area contributed by atoms with Crippen molar-refractivity contribution in [2.45, 2.75) is 6.92 Å². The number of nitrogens with two attached hydrogens (primary N) is 1. The van der Waals surface area contributed by atoms with Crippen LogP contribution in [0.2, 0.25) is 0 Å². The lowest BCUT2D eigenvalue weighted by molar-refractivity contribution is 0.432. The molecule has 0 radical (unpaired) electrons. The maximum atomic E-state index is 5.79. The van der Waals surface area contributed by atoms with Gasteiger partial charge in [-0.05, 0) is 42.8 Å². The Bertz CT molecular complexity index is 706. The van der Waals surface area contributed by atoms with Crippen LogP contribution in [-0.2, 0) is 0 Å². The quantitative estimate of drug-likeness (QED) is 0.709. The van der Waals surface area contributed by atoms with E-state index in [-0.39, 0.29) is 0 Å². The minimum atomic E-state index is 0.474. The minimum absolute atomic E-state index is 0.474. The Morgan fingerprint density at radius 2 is 2.05 bits per heavy atom. The van der Waals surface area contributed by atoms with E-state index in [0.29, 0.717) is 11.7 Å². The van der Waals surface area contributed by atoms with Crippen LogP contribution in [0.15, 0.2) is 47.2 Å². The van der Waals surface area contributed by atoms with Crippen molar-refractivity contribution in [1.82, 2.24) is 15.1 Å². The summed E-state index contributed by atoms with van der Waals surface area (Å²) in [6, 6.07) is 9.34. The Kier molecular flexibility index (Phi) is 2.72. The van der Waals surface area contributed by atoms with Crippen molar-refractivity contribution in [2.75, 3.05) is 5.73 Å². The van der Waals surface area contributed by atoms with Gasteiger partial charge in [-0.2, -0.15) is 4.98 Å². The first-order valence-electron chi connectivity index (χ1n) is 5.84. The van der Waals surface area contributed by atoms with E-state index in [2.05, 4.69) is 15.1 Å². The normalized spacial score (nSPS) is 10.6. The lowest BCUT2D eigenvalue weighted by Gasteiger charge is -2.00. The molecule has 0 fully saturated rings. The molecule has 0 aliphatic rings. The fourth-order valence-corrected chi connectivity index (χ4v) is 1.76. The number of aryl methyl sites for hydroxylation is 1. The zero-order valence-corrected chi connectivity index (χ0v) is 10.4. The van der Waals surface area contributed by atoms with Gasteiger partial charge in [0.25, 0.3) is 5.89 Å². The molecule has 0 spiro atoms. The summed E-state index contributed by atoms with van der Waals surface area (Å²) in [5.41, 5.74) is 9.20. The molecule has 94 valence electrons. The average molecular weight is 252 g/mol. The first-order valence-corrected chi connectivity index (χ1v) is 5.84. The van der Waals surface area contributed by atoms with Crippen molar-refractivity contribution in [3.63, 3.8) is 0 Å². The van der Waals surface area contributed by atoms with Crippen LogP contribution in [0.3, 0.4) is 0 Å². The van der Waals surface area contributed by atoms with Crippen LogP contribution in [0, 0.1) is 6.92 Å². The Morgan fingerprint density at radius 1 is 1.16 bits per heavy atom. The molecule has 0 bridgehead atoms. The molecule has 1 aromatic carbocycles. The van der Waals surface area contributed by atoms with Gasteiger partial charge in [-0.15, -0.1) is 0 Å². The number of aromatic nitrogens is 3. The van der Waals surface area contributed by atoms with Crippen LogP contribution >= 0.6 is 0 Å². The highest BCUT2D eigenvalue weighted by molar-refractivity contribution is 5.63. The van der Waals surface area contributed by atoms with E-state index in [1.807, 2.05) is 37.3 Å². The standard InChI is InChI=1S/C14H12N4O/c1-9-7-10(4-5-12(9)15)14-17-13(18-19-14)11-3-2-6-16-8-11/h2-8H,15H2,1H3. The van der Waals surface area contributed by atoms with Gasteiger partial charge in [0.2, 0.25) is 5.82 Å². The summed E-state index contributed by atoms with van der Waals surface area (Å²) < 4.78 is 5.27. The summed E-state index contributed by atoms with van der Waals surface area (Å²) in [6.45, 7) is 1.94. The number of nitrogens with zero attached hydrogens (tertiary/aromatic N) is 3. The average Bonchev–Trinajstić information content (AvgIpc) is 2.93. The van der Waals surface area contributed by atoms with Crippen LogP contribution < -0.4 is 5.73 Å². The SMILES string of the molecule is Cc1cc(-c2nc(-c3cccnc3)no2)ccc1N. The van der Waals surface area contributed by atoms with Crippen LogP contribution in [0.25, 0.3) is 22.8 Å². The Labute approximate surface area is 110 Å². The van der Waals surface area contributed by atoms with Gasteiger partial charge in [0.1, 0.15) is 0 Å². The fraction of sp³-hybridized carbons (Fsp3) is 0.0714. The van der Waals surface area contributed by atoms with Crippen LogP contribution in [0.1, 0.15) is 5.56 Å². The van der Waals surface area contributed by atoms with Crippen molar-refractivity contribution < 1.29 is 4.52 Å².